The van der Waals surface area contributed by atoms with Crippen molar-refractivity contribution in [3.63, 3.8) is 0 Å². The average Bonchev–Trinajstić information content (AvgIpc) is 2.88. The van der Waals surface area contributed by atoms with Crippen LogP contribution in [-0.2, 0) is 13.6 Å². The Hall–Kier alpha value is -1.40. The first kappa shape index (κ1) is 14.0. The number of aromatic carboxylic acids is 1. The Bertz CT molecular complexity index is 457. The molecule has 1 aliphatic rings. The molecule has 1 saturated heterocycles. The number of carboxylic acid groups (broad SMARTS) is 1. The lowest BCUT2D eigenvalue weighted by Gasteiger charge is -2.25. The van der Waals surface area contributed by atoms with Gasteiger partial charge in [0, 0.05) is 26.2 Å². The third-order valence-electron chi connectivity index (χ3n) is 3.91. The summed E-state index contributed by atoms with van der Waals surface area (Å²) >= 11 is 0. The highest BCUT2D eigenvalue weighted by atomic mass is 16.4. The number of aromatic nitrogens is 2. The standard InChI is InChI=1S/C13H22N4O2/c1-15(8-10-5-4-6-16(10)2)9-12-11(13(18)19)7-14-17(12)3/h7,10H,4-6,8-9H2,1-3H3,(H,18,19). The second-order valence-electron chi connectivity index (χ2n) is 5.41. The molecule has 2 rings (SSSR count). The Morgan fingerprint density at radius 3 is 2.89 bits per heavy atom. The quantitative estimate of drug-likeness (QED) is 0.847. The molecule has 2 heterocycles. The van der Waals surface area contributed by atoms with Crippen molar-refractivity contribution in [2.45, 2.75) is 25.4 Å². The van der Waals surface area contributed by atoms with Gasteiger partial charge in [-0.3, -0.25) is 9.58 Å². The van der Waals surface area contributed by atoms with Crippen molar-refractivity contribution in [2.75, 3.05) is 27.2 Å². The molecule has 0 radical (unpaired) electrons. The smallest absolute Gasteiger partial charge is 0.339 e. The summed E-state index contributed by atoms with van der Waals surface area (Å²) < 4.78 is 1.65. The fourth-order valence-electron chi connectivity index (χ4n) is 2.72. The zero-order valence-electron chi connectivity index (χ0n) is 11.8. The number of hydrogen-bond donors (Lipinski definition) is 1. The van der Waals surface area contributed by atoms with E-state index in [4.69, 9.17) is 5.11 Å². The van der Waals surface area contributed by atoms with Gasteiger partial charge in [0.15, 0.2) is 0 Å². The molecule has 0 aromatic carbocycles. The number of carbonyl (C=O) groups is 1. The van der Waals surface area contributed by atoms with E-state index in [9.17, 15) is 4.79 Å². The van der Waals surface area contributed by atoms with E-state index in [1.54, 1.807) is 11.7 Å². The fourth-order valence-corrected chi connectivity index (χ4v) is 2.72. The summed E-state index contributed by atoms with van der Waals surface area (Å²) in [6.07, 6.45) is 3.90. The molecular formula is C13H22N4O2. The highest BCUT2D eigenvalue weighted by molar-refractivity contribution is 5.88. The number of nitrogens with zero attached hydrogens (tertiary/aromatic N) is 4. The Morgan fingerprint density at radius 2 is 2.32 bits per heavy atom. The van der Waals surface area contributed by atoms with Crippen molar-refractivity contribution < 1.29 is 9.90 Å². The SMILES string of the molecule is CN(Cc1c(C(=O)O)cnn1C)CC1CCCN1C. The zero-order valence-corrected chi connectivity index (χ0v) is 11.8. The highest BCUT2D eigenvalue weighted by Gasteiger charge is 2.23. The molecule has 1 fully saturated rings. The minimum Gasteiger partial charge on any atom is -0.478 e. The Kier molecular flexibility index (Phi) is 4.21. The minimum atomic E-state index is -0.908. The van der Waals surface area contributed by atoms with Gasteiger partial charge in [0.25, 0.3) is 0 Å². The summed E-state index contributed by atoms with van der Waals surface area (Å²) in [5.74, 6) is -0.908. The van der Waals surface area contributed by atoms with E-state index in [0.29, 0.717) is 18.2 Å². The molecule has 1 aromatic rings. The maximum atomic E-state index is 11.1. The molecule has 1 aliphatic heterocycles. The van der Waals surface area contributed by atoms with Crippen LogP contribution < -0.4 is 0 Å². The molecule has 0 amide bonds. The van der Waals surface area contributed by atoms with Gasteiger partial charge < -0.3 is 10.0 Å². The van der Waals surface area contributed by atoms with Crippen LogP contribution in [0, 0.1) is 0 Å². The predicted octanol–water partition coefficient (Wildman–Crippen LogP) is 0.644. The lowest BCUT2D eigenvalue weighted by molar-refractivity contribution is 0.0694. The van der Waals surface area contributed by atoms with Gasteiger partial charge in [-0.25, -0.2) is 4.79 Å². The fraction of sp³-hybridized carbons (Fsp3) is 0.692. The molecule has 0 spiro atoms. The Labute approximate surface area is 113 Å². The summed E-state index contributed by atoms with van der Waals surface area (Å²) in [6.45, 7) is 2.73. The number of hydrogen-bond acceptors (Lipinski definition) is 4. The molecule has 0 bridgehead atoms. The molecule has 1 N–H and O–H groups in total. The van der Waals surface area contributed by atoms with Crippen LogP contribution in [0.2, 0.25) is 0 Å². The van der Waals surface area contributed by atoms with Gasteiger partial charge in [0.2, 0.25) is 0 Å². The maximum Gasteiger partial charge on any atom is 0.339 e. The van der Waals surface area contributed by atoms with Gasteiger partial charge in [-0.05, 0) is 33.5 Å². The summed E-state index contributed by atoms with van der Waals surface area (Å²) in [4.78, 5) is 15.7. The normalized spacial score (nSPS) is 20.3. The number of rotatable bonds is 5. The Balaban J connectivity index is 2.00. The Morgan fingerprint density at radius 1 is 1.58 bits per heavy atom. The molecule has 1 aromatic heterocycles. The first-order chi connectivity index (χ1) is 8.99. The van der Waals surface area contributed by atoms with Crippen molar-refractivity contribution in [3.8, 4) is 0 Å². The molecular weight excluding hydrogens is 244 g/mol. The number of likely N-dealkylation sites (tertiary alicyclic amines) is 1. The minimum absolute atomic E-state index is 0.300. The largest absolute Gasteiger partial charge is 0.478 e. The van der Waals surface area contributed by atoms with Gasteiger partial charge in [0.05, 0.1) is 11.9 Å². The molecule has 6 heteroatoms. The van der Waals surface area contributed by atoms with E-state index in [1.165, 1.54) is 19.0 Å². The van der Waals surface area contributed by atoms with E-state index < -0.39 is 5.97 Å². The van der Waals surface area contributed by atoms with Crippen LogP contribution in [0.15, 0.2) is 6.20 Å². The number of likely N-dealkylation sites (N-methyl/N-ethyl adjacent to an activating group) is 2. The highest BCUT2D eigenvalue weighted by Crippen LogP contribution is 2.17. The molecule has 6 nitrogen and oxygen atoms in total. The summed E-state index contributed by atoms with van der Waals surface area (Å²) in [5, 5.41) is 13.2. The van der Waals surface area contributed by atoms with E-state index in [-0.39, 0.29) is 0 Å². The second kappa shape index (κ2) is 5.71. The van der Waals surface area contributed by atoms with Crippen LogP contribution in [0.1, 0.15) is 28.9 Å². The molecule has 0 saturated carbocycles. The van der Waals surface area contributed by atoms with Crippen molar-refractivity contribution >= 4 is 5.97 Å². The van der Waals surface area contributed by atoms with Crippen molar-refractivity contribution in [1.82, 2.24) is 19.6 Å². The maximum absolute atomic E-state index is 11.1. The van der Waals surface area contributed by atoms with Crippen molar-refractivity contribution in [2.24, 2.45) is 7.05 Å². The van der Waals surface area contributed by atoms with Crippen LogP contribution in [0.5, 0.6) is 0 Å². The van der Waals surface area contributed by atoms with Gasteiger partial charge >= 0.3 is 5.97 Å². The molecule has 1 atom stereocenters. The average molecular weight is 266 g/mol. The summed E-state index contributed by atoms with van der Waals surface area (Å²) in [5.41, 5.74) is 1.06. The van der Waals surface area contributed by atoms with Crippen molar-refractivity contribution in [1.29, 1.82) is 0 Å². The van der Waals surface area contributed by atoms with Gasteiger partial charge in [-0.15, -0.1) is 0 Å². The summed E-state index contributed by atoms with van der Waals surface area (Å²) in [6, 6.07) is 0.575. The first-order valence-corrected chi connectivity index (χ1v) is 6.62. The van der Waals surface area contributed by atoms with Gasteiger partial charge in [-0.1, -0.05) is 0 Å². The van der Waals surface area contributed by atoms with Crippen LogP contribution >= 0.6 is 0 Å². The van der Waals surface area contributed by atoms with Crippen LogP contribution in [0.25, 0.3) is 0 Å². The lowest BCUT2D eigenvalue weighted by Crippen LogP contribution is -2.36. The monoisotopic (exact) mass is 266 g/mol. The van der Waals surface area contributed by atoms with E-state index in [1.807, 2.05) is 7.05 Å². The molecule has 106 valence electrons. The van der Waals surface area contributed by atoms with Crippen molar-refractivity contribution in [3.05, 3.63) is 17.5 Å². The zero-order chi connectivity index (χ0) is 14.0. The van der Waals surface area contributed by atoms with E-state index in [2.05, 4.69) is 21.9 Å². The molecule has 1 unspecified atom stereocenters. The van der Waals surface area contributed by atoms with Crippen LogP contribution in [-0.4, -0.2) is 63.9 Å². The van der Waals surface area contributed by atoms with Gasteiger partial charge in [-0.2, -0.15) is 5.10 Å². The molecule has 0 aliphatic carbocycles. The van der Waals surface area contributed by atoms with Crippen LogP contribution in [0.4, 0.5) is 0 Å². The summed E-state index contributed by atoms with van der Waals surface area (Å²) in [7, 11) is 5.97. The van der Waals surface area contributed by atoms with Crippen LogP contribution in [0.3, 0.4) is 0 Å². The van der Waals surface area contributed by atoms with Gasteiger partial charge in [0.1, 0.15) is 5.56 Å². The first-order valence-electron chi connectivity index (χ1n) is 6.62. The number of aryl methyl sites for hydroxylation is 1. The third kappa shape index (κ3) is 3.13. The number of carboxylic acids is 1. The predicted molar refractivity (Wildman–Crippen MR) is 72.2 cm³/mol. The molecule has 19 heavy (non-hydrogen) atoms. The second-order valence-corrected chi connectivity index (χ2v) is 5.41. The topological polar surface area (TPSA) is 61.6 Å². The van der Waals surface area contributed by atoms with E-state index in [0.717, 1.165) is 18.8 Å². The third-order valence-corrected chi connectivity index (χ3v) is 3.91. The lowest BCUT2D eigenvalue weighted by atomic mass is 10.2. The van der Waals surface area contributed by atoms with E-state index >= 15 is 0 Å².